The predicted molar refractivity (Wildman–Crippen MR) is 71.1 cm³/mol. The number of nitrogens with zero attached hydrogens (tertiary/aromatic N) is 3. The lowest BCUT2D eigenvalue weighted by atomic mass is 10.2. The number of rotatable bonds is 3. The van der Waals surface area contributed by atoms with Gasteiger partial charge in [0.2, 0.25) is 0 Å². The van der Waals surface area contributed by atoms with Crippen LogP contribution in [0, 0.1) is 0 Å². The van der Waals surface area contributed by atoms with E-state index in [2.05, 4.69) is 20.5 Å². The number of aromatic nitrogens is 4. The Labute approximate surface area is 109 Å². The van der Waals surface area contributed by atoms with Gasteiger partial charge in [-0.15, -0.1) is 0 Å². The van der Waals surface area contributed by atoms with Crippen molar-refractivity contribution in [2.45, 2.75) is 13.3 Å². The highest BCUT2D eigenvalue weighted by molar-refractivity contribution is 6.03. The number of hydrogen-bond acceptors (Lipinski definition) is 3. The van der Waals surface area contributed by atoms with Crippen LogP contribution in [-0.2, 0) is 6.42 Å². The molecule has 6 heteroatoms. The summed E-state index contributed by atoms with van der Waals surface area (Å²) in [5, 5.41) is 9.48. The molecule has 0 saturated heterocycles. The lowest BCUT2D eigenvalue weighted by molar-refractivity contribution is 0.102. The summed E-state index contributed by atoms with van der Waals surface area (Å²) in [4.78, 5) is 16.4. The van der Waals surface area contributed by atoms with Crippen molar-refractivity contribution < 1.29 is 4.79 Å². The fourth-order valence-corrected chi connectivity index (χ4v) is 1.91. The quantitative estimate of drug-likeness (QED) is 0.750. The van der Waals surface area contributed by atoms with E-state index < -0.39 is 0 Å². The number of aryl methyl sites for hydroxylation is 1. The van der Waals surface area contributed by atoms with E-state index in [1.807, 2.05) is 35.7 Å². The van der Waals surface area contributed by atoms with Crippen LogP contribution in [0.25, 0.3) is 5.65 Å². The van der Waals surface area contributed by atoms with Crippen LogP contribution in [0.15, 0.2) is 36.8 Å². The first-order valence-corrected chi connectivity index (χ1v) is 6.05. The zero-order chi connectivity index (χ0) is 13.2. The highest BCUT2D eigenvalue weighted by Gasteiger charge is 2.13. The molecule has 3 rings (SSSR count). The van der Waals surface area contributed by atoms with Gasteiger partial charge in [0.25, 0.3) is 5.91 Å². The Hall–Kier alpha value is -2.63. The van der Waals surface area contributed by atoms with Crippen LogP contribution in [0.1, 0.15) is 23.0 Å². The first-order chi connectivity index (χ1) is 9.28. The van der Waals surface area contributed by atoms with Crippen molar-refractivity contribution >= 4 is 17.4 Å². The second-order valence-electron chi connectivity index (χ2n) is 4.17. The molecule has 0 aliphatic rings. The number of anilines is 1. The van der Waals surface area contributed by atoms with Crippen LogP contribution in [0.5, 0.6) is 0 Å². The molecular weight excluding hydrogens is 242 g/mol. The van der Waals surface area contributed by atoms with Gasteiger partial charge in [0.1, 0.15) is 17.2 Å². The van der Waals surface area contributed by atoms with Gasteiger partial charge < -0.3 is 9.72 Å². The van der Waals surface area contributed by atoms with E-state index in [0.29, 0.717) is 11.5 Å². The van der Waals surface area contributed by atoms with Crippen LogP contribution in [0.2, 0.25) is 0 Å². The van der Waals surface area contributed by atoms with Crippen molar-refractivity contribution in [1.29, 1.82) is 0 Å². The van der Waals surface area contributed by atoms with E-state index in [9.17, 15) is 4.79 Å². The number of hydrogen-bond donors (Lipinski definition) is 2. The van der Waals surface area contributed by atoms with E-state index in [4.69, 9.17) is 0 Å². The maximum absolute atomic E-state index is 12.1. The third-order valence-corrected chi connectivity index (χ3v) is 2.93. The largest absolute Gasteiger partial charge is 0.306 e. The normalized spacial score (nSPS) is 10.8. The Morgan fingerprint density at radius 1 is 1.47 bits per heavy atom. The highest BCUT2D eigenvalue weighted by Crippen LogP contribution is 2.13. The van der Waals surface area contributed by atoms with Gasteiger partial charge in [-0.05, 0) is 18.6 Å². The number of fused-ring (bicyclic) bond motifs is 1. The molecule has 6 nitrogen and oxygen atoms in total. The number of imidazole rings is 1. The van der Waals surface area contributed by atoms with E-state index in [0.717, 1.165) is 17.6 Å². The molecular formula is C13H13N5O. The molecule has 0 radical (unpaired) electrons. The standard InChI is InChI=1S/C13H13N5O/c1-2-9-7-14-17-12(9)16-13(19)10-8-18-6-4-3-5-11(18)15-10/h3-8H,2H2,1H3,(H2,14,16,17,19). The van der Waals surface area contributed by atoms with E-state index >= 15 is 0 Å². The summed E-state index contributed by atoms with van der Waals surface area (Å²) in [5.74, 6) is 0.382. The zero-order valence-electron chi connectivity index (χ0n) is 10.4. The molecule has 0 fully saturated rings. The van der Waals surface area contributed by atoms with Gasteiger partial charge in [0, 0.05) is 18.0 Å². The summed E-state index contributed by atoms with van der Waals surface area (Å²) in [7, 11) is 0. The average Bonchev–Trinajstić information content (AvgIpc) is 3.03. The molecule has 19 heavy (non-hydrogen) atoms. The summed E-state index contributed by atoms with van der Waals surface area (Å²) in [5.41, 5.74) is 2.09. The zero-order valence-corrected chi connectivity index (χ0v) is 10.4. The molecule has 0 spiro atoms. The molecule has 3 heterocycles. The van der Waals surface area contributed by atoms with Crippen LogP contribution in [-0.4, -0.2) is 25.5 Å². The summed E-state index contributed by atoms with van der Waals surface area (Å²) in [6.45, 7) is 2.01. The predicted octanol–water partition coefficient (Wildman–Crippen LogP) is 1.87. The summed E-state index contributed by atoms with van der Waals surface area (Å²) < 4.78 is 1.81. The Bertz CT molecular complexity index is 694. The van der Waals surface area contributed by atoms with Crippen LogP contribution >= 0.6 is 0 Å². The molecule has 1 amide bonds. The monoisotopic (exact) mass is 255 g/mol. The van der Waals surface area contributed by atoms with E-state index in [1.54, 1.807) is 12.4 Å². The number of H-pyrrole nitrogens is 1. The molecule has 3 aromatic rings. The minimum Gasteiger partial charge on any atom is -0.306 e. The van der Waals surface area contributed by atoms with Crippen LogP contribution in [0.4, 0.5) is 5.82 Å². The van der Waals surface area contributed by atoms with Crippen molar-refractivity contribution in [1.82, 2.24) is 19.6 Å². The summed E-state index contributed by atoms with van der Waals surface area (Å²) in [6.07, 6.45) is 6.07. The highest BCUT2D eigenvalue weighted by atomic mass is 16.2. The molecule has 0 bridgehead atoms. The minimum atomic E-state index is -0.248. The third kappa shape index (κ3) is 2.08. The van der Waals surface area contributed by atoms with Gasteiger partial charge in [-0.1, -0.05) is 13.0 Å². The van der Waals surface area contributed by atoms with Gasteiger partial charge in [-0.3, -0.25) is 9.89 Å². The number of nitrogens with one attached hydrogen (secondary N) is 2. The molecule has 0 aliphatic heterocycles. The maximum atomic E-state index is 12.1. The second-order valence-corrected chi connectivity index (χ2v) is 4.17. The molecule has 0 unspecified atom stereocenters. The number of carbonyl (C=O) groups excluding carboxylic acids is 1. The number of aromatic amines is 1. The number of amides is 1. The van der Waals surface area contributed by atoms with Crippen LogP contribution in [0.3, 0.4) is 0 Å². The lowest BCUT2D eigenvalue weighted by Gasteiger charge is -2.01. The first kappa shape index (κ1) is 11.5. The SMILES string of the molecule is CCc1cn[nH]c1NC(=O)c1cn2ccccc2n1. The maximum Gasteiger partial charge on any atom is 0.277 e. The van der Waals surface area contributed by atoms with Crippen LogP contribution < -0.4 is 5.32 Å². The Morgan fingerprint density at radius 3 is 3.16 bits per heavy atom. The first-order valence-electron chi connectivity index (χ1n) is 6.05. The summed E-state index contributed by atoms with van der Waals surface area (Å²) >= 11 is 0. The number of pyridine rings is 1. The van der Waals surface area contributed by atoms with Crippen molar-refractivity contribution in [3.05, 3.63) is 48.0 Å². The Balaban J connectivity index is 1.87. The fraction of sp³-hybridized carbons (Fsp3) is 0.154. The Kier molecular flexibility index (Phi) is 2.75. The molecule has 0 atom stereocenters. The van der Waals surface area contributed by atoms with Crippen molar-refractivity contribution in [2.75, 3.05) is 5.32 Å². The fourth-order valence-electron chi connectivity index (χ4n) is 1.91. The molecule has 0 saturated carbocycles. The summed E-state index contributed by atoms with van der Waals surface area (Å²) in [6, 6.07) is 5.62. The molecule has 3 aromatic heterocycles. The minimum absolute atomic E-state index is 0.248. The topological polar surface area (TPSA) is 75.1 Å². The van der Waals surface area contributed by atoms with Crippen molar-refractivity contribution in [3.63, 3.8) is 0 Å². The van der Waals surface area contributed by atoms with Gasteiger partial charge in [-0.2, -0.15) is 5.10 Å². The van der Waals surface area contributed by atoms with Crippen molar-refractivity contribution in [3.8, 4) is 0 Å². The third-order valence-electron chi connectivity index (χ3n) is 2.93. The van der Waals surface area contributed by atoms with Gasteiger partial charge in [-0.25, -0.2) is 4.98 Å². The van der Waals surface area contributed by atoms with E-state index in [1.165, 1.54) is 0 Å². The smallest absolute Gasteiger partial charge is 0.277 e. The number of carbonyl (C=O) groups is 1. The van der Waals surface area contributed by atoms with Gasteiger partial charge >= 0.3 is 0 Å². The molecule has 96 valence electrons. The van der Waals surface area contributed by atoms with E-state index in [-0.39, 0.29) is 5.91 Å². The molecule has 2 N–H and O–H groups in total. The lowest BCUT2D eigenvalue weighted by Crippen LogP contribution is -2.13. The molecule has 0 aromatic carbocycles. The van der Waals surface area contributed by atoms with Gasteiger partial charge in [0.05, 0.1) is 6.20 Å². The van der Waals surface area contributed by atoms with Gasteiger partial charge in [0.15, 0.2) is 0 Å². The molecule has 0 aliphatic carbocycles. The Morgan fingerprint density at radius 2 is 2.37 bits per heavy atom. The van der Waals surface area contributed by atoms with Crippen molar-refractivity contribution in [2.24, 2.45) is 0 Å². The second kappa shape index (κ2) is 4.56. The average molecular weight is 255 g/mol.